The first-order chi connectivity index (χ1) is 13.5. The van der Waals surface area contributed by atoms with Gasteiger partial charge in [-0.15, -0.1) is 0 Å². The SMILES string of the molecule is CCC(=O)N1CCN(c2ccc(NC(=S)NC(=O)c3ccco3)cc2Cl)CC1. The van der Waals surface area contributed by atoms with E-state index in [1.165, 1.54) is 6.26 Å². The van der Waals surface area contributed by atoms with Crippen LogP contribution in [-0.4, -0.2) is 48.0 Å². The zero-order chi connectivity index (χ0) is 20.1. The highest BCUT2D eigenvalue weighted by Crippen LogP contribution is 2.29. The largest absolute Gasteiger partial charge is 0.459 e. The van der Waals surface area contributed by atoms with E-state index in [2.05, 4.69) is 15.5 Å². The van der Waals surface area contributed by atoms with Crippen LogP contribution in [0.3, 0.4) is 0 Å². The molecule has 0 radical (unpaired) electrons. The van der Waals surface area contributed by atoms with Crippen LogP contribution in [0.1, 0.15) is 23.9 Å². The summed E-state index contributed by atoms with van der Waals surface area (Å²) in [5, 5.41) is 6.20. The molecule has 0 unspecified atom stereocenters. The van der Waals surface area contributed by atoms with Crippen LogP contribution in [0.25, 0.3) is 0 Å². The van der Waals surface area contributed by atoms with E-state index >= 15 is 0 Å². The van der Waals surface area contributed by atoms with Gasteiger partial charge < -0.3 is 19.5 Å². The number of nitrogens with zero attached hydrogens (tertiary/aromatic N) is 2. The maximum atomic E-state index is 11.9. The number of furan rings is 1. The van der Waals surface area contributed by atoms with Crippen molar-refractivity contribution in [3.05, 3.63) is 47.4 Å². The maximum absolute atomic E-state index is 11.9. The Bertz CT molecular complexity index is 864. The third-order valence-corrected chi connectivity index (χ3v) is 4.96. The smallest absolute Gasteiger partial charge is 0.293 e. The predicted molar refractivity (Wildman–Crippen MR) is 113 cm³/mol. The number of anilines is 2. The second-order valence-electron chi connectivity index (χ2n) is 6.27. The van der Waals surface area contributed by atoms with Crippen molar-refractivity contribution in [3.8, 4) is 0 Å². The lowest BCUT2D eigenvalue weighted by atomic mass is 10.2. The van der Waals surface area contributed by atoms with Crippen molar-refractivity contribution >= 4 is 52.1 Å². The zero-order valence-electron chi connectivity index (χ0n) is 15.4. The summed E-state index contributed by atoms with van der Waals surface area (Å²) < 4.78 is 5.03. The Kier molecular flexibility index (Phi) is 6.53. The molecule has 3 rings (SSSR count). The number of piperazine rings is 1. The first-order valence-electron chi connectivity index (χ1n) is 8.96. The van der Waals surface area contributed by atoms with Crippen molar-refractivity contribution in [2.45, 2.75) is 13.3 Å². The Balaban J connectivity index is 1.57. The van der Waals surface area contributed by atoms with Crippen LogP contribution in [0.4, 0.5) is 11.4 Å². The number of benzene rings is 1. The number of carbonyl (C=O) groups excluding carboxylic acids is 2. The lowest BCUT2D eigenvalue weighted by molar-refractivity contribution is -0.131. The fourth-order valence-electron chi connectivity index (χ4n) is 3.00. The molecule has 0 aliphatic carbocycles. The van der Waals surface area contributed by atoms with Crippen LogP contribution >= 0.6 is 23.8 Å². The van der Waals surface area contributed by atoms with Gasteiger partial charge in [-0.3, -0.25) is 14.9 Å². The van der Waals surface area contributed by atoms with Gasteiger partial charge in [-0.2, -0.15) is 0 Å². The molecule has 1 aliphatic rings. The molecule has 1 aromatic carbocycles. The summed E-state index contributed by atoms with van der Waals surface area (Å²) in [7, 11) is 0. The third-order valence-electron chi connectivity index (χ3n) is 4.45. The molecule has 7 nitrogen and oxygen atoms in total. The molecular weight excluding hydrogens is 400 g/mol. The zero-order valence-corrected chi connectivity index (χ0v) is 17.0. The molecule has 0 bridgehead atoms. The van der Waals surface area contributed by atoms with E-state index < -0.39 is 5.91 Å². The van der Waals surface area contributed by atoms with Crippen molar-refractivity contribution in [2.75, 3.05) is 36.4 Å². The van der Waals surface area contributed by atoms with Gasteiger partial charge in [0.2, 0.25) is 5.91 Å². The lowest BCUT2D eigenvalue weighted by Crippen LogP contribution is -2.48. The highest BCUT2D eigenvalue weighted by Gasteiger charge is 2.21. The normalized spacial score (nSPS) is 13.9. The Morgan fingerprint density at radius 1 is 1.21 bits per heavy atom. The molecule has 2 N–H and O–H groups in total. The van der Waals surface area contributed by atoms with E-state index in [1.54, 1.807) is 18.2 Å². The van der Waals surface area contributed by atoms with Crippen LogP contribution in [-0.2, 0) is 4.79 Å². The van der Waals surface area contributed by atoms with Crippen LogP contribution < -0.4 is 15.5 Å². The Labute approximate surface area is 173 Å². The molecule has 0 spiro atoms. The van der Waals surface area contributed by atoms with E-state index in [1.807, 2.05) is 24.0 Å². The Hall–Kier alpha value is -2.58. The number of hydrogen-bond acceptors (Lipinski definition) is 5. The molecular formula is C19H21ClN4O3S. The molecule has 148 valence electrons. The number of amides is 2. The summed E-state index contributed by atoms with van der Waals surface area (Å²) in [5.74, 6) is -0.0710. The van der Waals surface area contributed by atoms with E-state index in [9.17, 15) is 9.59 Å². The highest BCUT2D eigenvalue weighted by molar-refractivity contribution is 7.80. The predicted octanol–water partition coefficient (Wildman–Crippen LogP) is 3.12. The second kappa shape index (κ2) is 9.07. The fourth-order valence-corrected chi connectivity index (χ4v) is 3.51. The van der Waals surface area contributed by atoms with Gasteiger partial charge in [-0.1, -0.05) is 18.5 Å². The summed E-state index contributed by atoms with van der Waals surface area (Å²) in [6.45, 7) is 4.71. The molecule has 28 heavy (non-hydrogen) atoms. The molecule has 0 saturated carbocycles. The van der Waals surface area contributed by atoms with E-state index in [-0.39, 0.29) is 16.8 Å². The van der Waals surface area contributed by atoms with Gasteiger partial charge >= 0.3 is 0 Å². The summed E-state index contributed by atoms with van der Waals surface area (Å²) in [5.41, 5.74) is 1.57. The summed E-state index contributed by atoms with van der Waals surface area (Å²) in [6, 6.07) is 8.68. The maximum Gasteiger partial charge on any atom is 0.293 e. The summed E-state index contributed by atoms with van der Waals surface area (Å²) in [6.07, 6.45) is 1.94. The van der Waals surface area contributed by atoms with E-state index in [0.717, 1.165) is 18.8 Å². The van der Waals surface area contributed by atoms with Crippen molar-refractivity contribution in [2.24, 2.45) is 0 Å². The second-order valence-corrected chi connectivity index (χ2v) is 7.09. The van der Waals surface area contributed by atoms with Crippen LogP contribution in [0.15, 0.2) is 41.0 Å². The number of thiocarbonyl (C=S) groups is 1. The number of carbonyl (C=O) groups is 2. The topological polar surface area (TPSA) is 77.8 Å². The molecule has 1 saturated heterocycles. The van der Waals surface area contributed by atoms with Gasteiger partial charge in [0, 0.05) is 38.3 Å². The number of nitrogens with one attached hydrogen (secondary N) is 2. The van der Waals surface area contributed by atoms with Crippen LogP contribution in [0.2, 0.25) is 5.02 Å². The van der Waals surface area contributed by atoms with Crippen molar-refractivity contribution in [1.82, 2.24) is 10.2 Å². The summed E-state index contributed by atoms with van der Waals surface area (Å²) in [4.78, 5) is 27.8. The minimum atomic E-state index is -0.426. The number of rotatable bonds is 4. The van der Waals surface area contributed by atoms with E-state index in [0.29, 0.717) is 30.2 Å². The lowest BCUT2D eigenvalue weighted by Gasteiger charge is -2.36. The van der Waals surface area contributed by atoms with Gasteiger partial charge in [0.25, 0.3) is 5.91 Å². The highest BCUT2D eigenvalue weighted by atomic mass is 35.5. The molecule has 1 fully saturated rings. The third kappa shape index (κ3) is 4.82. The van der Waals surface area contributed by atoms with Crippen molar-refractivity contribution < 1.29 is 14.0 Å². The quantitative estimate of drug-likeness (QED) is 0.740. The molecule has 9 heteroatoms. The van der Waals surface area contributed by atoms with Gasteiger partial charge in [-0.05, 0) is 42.5 Å². The van der Waals surface area contributed by atoms with Gasteiger partial charge in [-0.25, -0.2) is 0 Å². The average Bonchev–Trinajstić information content (AvgIpc) is 3.22. The first-order valence-corrected chi connectivity index (χ1v) is 9.74. The van der Waals surface area contributed by atoms with Crippen LogP contribution in [0, 0.1) is 0 Å². The summed E-state index contributed by atoms with van der Waals surface area (Å²) >= 11 is 11.6. The minimum absolute atomic E-state index is 0.150. The first kappa shape index (κ1) is 20.2. The van der Waals surface area contributed by atoms with Gasteiger partial charge in [0.05, 0.1) is 17.0 Å². The fraction of sp³-hybridized carbons (Fsp3) is 0.316. The molecule has 2 aromatic rings. The van der Waals surface area contributed by atoms with Crippen molar-refractivity contribution in [3.63, 3.8) is 0 Å². The van der Waals surface area contributed by atoms with Crippen LogP contribution in [0.5, 0.6) is 0 Å². The van der Waals surface area contributed by atoms with Crippen molar-refractivity contribution in [1.29, 1.82) is 0 Å². The molecule has 1 aliphatic heterocycles. The molecule has 0 atom stereocenters. The van der Waals surface area contributed by atoms with Gasteiger partial charge in [0.15, 0.2) is 10.9 Å². The monoisotopic (exact) mass is 420 g/mol. The number of halogens is 1. The van der Waals surface area contributed by atoms with E-state index in [4.69, 9.17) is 28.2 Å². The Morgan fingerprint density at radius 3 is 2.57 bits per heavy atom. The average molecular weight is 421 g/mol. The minimum Gasteiger partial charge on any atom is -0.459 e. The molecule has 1 aromatic heterocycles. The van der Waals surface area contributed by atoms with Gasteiger partial charge in [0.1, 0.15) is 0 Å². The number of hydrogen-bond donors (Lipinski definition) is 2. The molecule has 2 amide bonds. The Morgan fingerprint density at radius 2 is 1.96 bits per heavy atom. The molecule has 2 heterocycles. The standard InChI is InChI=1S/C19H21ClN4O3S/c1-2-17(25)24-9-7-23(8-10-24)15-6-5-13(12-14(15)20)21-19(28)22-18(26)16-4-3-11-27-16/h3-6,11-12H,2,7-10H2,1H3,(H2,21,22,26,28).